The number of amides is 1. The third kappa shape index (κ3) is 3.25. The third-order valence-corrected chi connectivity index (χ3v) is 4.21. The molecular weight excluding hydrogens is 306 g/mol. The highest BCUT2D eigenvalue weighted by molar-refractivity contribution is 5.84. The number of benzene rings is 2. The predicted octanol–water partition coefficient (Wildman–Crippen LogP) is 2.66. The van der Waals surface area contributed by atoms with Crippen LogP contribution in [-0.2, 0) is 16.1 Å². The van der Waals surface area contributed by atoms with E-state index in [1.165, 1.54) is 0 Å². The summed E-state index contributed by atoms with van der Waals surface area (Å²) in [6, 6.07) is 16.5. The second kappa shape index (κ2) is 6.74. The average Bonchev–Trinajstić information content (AvgIpc) is 2.60. The molecule has 1 heterocycles. The first-order valence-corrected chi connectivity index (χ1v) is 7.87. The van der Waals surface area contributed by atoms with E-state index in [9.17, 15) is 14.7 Å². The molecule has 5 nitrogen and oxygen atoms in total. The Morgan fingerprint density at radius 2 is 1.79 bits per heavy atom. The second-order valence-electron chi connectivity index (χ2n) is 5.88. The first kappa shape index (κ1) is 16.1. The smallest absolute Gasteiger partial charge is 0.312 e. The van der Waals surface area contributed by atoms with E-state index < -0.39 is 18.0 Å². The van der Waals surface area contributed by atoms with E-state index in [2.05, 4.69) is 0 Å². The molecule has 1 aliphatic rings. The molecule has 0 saturated heterocycles. The quantitative estimate of drug-likeness (QED) is 0.938. The van der Waals surface area contributed by atoms with Gasteiger partial charge in [-0.3, -0.25) is 9.59 Å². The fourth-order valence-corrected chi connectivity index (χ4v) is 3.00. The zero-order valence-electron chi connectivity index (χ0n) is 13.4. The number of hydrogen-bond acceptors (Lipinski definition) is 3. The normalized spacial score (nSPS) is 17.7. The number of carbonyl (C=O) groups is 2. The second-order valence-corrected chi connectivity index (χ2v) is 5.88. The summed E-state index contributed by atoms with van der Waals surface area (Å²) in [7, 11) is 0. The zero-order valence-corrected chi connectivity index (χ0v) is 13.4. The van der Waals surface area contributed by atoms with Gasteiger partial charge in [0.2, 0.25) is 0 Å². The van der Waals surface area contributed by atoms with Gasteiger partial charge in [-0.1, -0.05) is 42.5 Å². The molecule has 0 spiro atoms. The van der Waals surface area contributed by atoms with Crippen molar-refractivity contribution >= 4 is 11.9 Å². The summed E-state index contributed by atoms with van der Waals surface area (Å²) in [6.45, 7) is 2.25. The number of para-hydroxylation sites is 1. The zero-order chi connectivity index (χ0) is 17.1. The van der Waals surface area contributed by atoms with Crippen LogP contribution in [0.15, 0.2) is 54.6 Å². The molecule has 2 aromatic carbocycles. The molecule has 5 heteroatoms. The van der Waals surface area contributed by atoms with Crippen molar-refractivity contribution in [3.05, 3.63) is 65.7 Å². The molecule has 0 bridgehead atoms. The van der Waals surface area contributed by atoms with E-state index in [1.807, 2.05) is 42.5 Å². The minimum atomic E-state index is -0.920. The lowest BCUT2D eigenvalue weighted by molar-refractivity contribution is -0.143. The predicted molar refractivity (Wildman–Crippen MR) is 88.8 cm³/mol. The van der Waals surface area contributed by atoms with Gasteiger partial charge in [0.1, 0.15) is 5.75 Å². The number of aliphatic carboxylic acids is 1. The largest absolute Gasteiger partial charge is 0.481 e. The third-order valence-electron chi connectivity index (χ3n) is 4.21. The number of carboxylic acids is 1. The van der Waals surface area contributed by atoms with Gasteiger partial charge in [-0.25, -0.2) is 0 Å². The van der Waals surface area contributed by atoms with Crippen LogP contribution in [0.3, 0.4) is 0 Å². The molecule has 0 saturated carbocycles. The van der Waals surface area contributed by atoms with E-state index in [1.54, 1.807) is 24.0 Å². The molecule has 1 amide bonds. The highest BCUT2D eigenvalue weighted by atomic mass is 16.5. The minimum Gasteiger partial charge on any atom is -0.481 e. The summed E-state index contributed by atoms with van der Waals surface area (Å²) in [4.78, 5) is 25.8. The van der Waals surface area contributed by atoms with Crippen molar-refractivity contribution in [2.24, 2.45) is 0 Å². The number of carboxylic acid groups (broad SMARTS) is 1. The molecule has 0 aromatic heterocycles. The Balaban J connectivity index is 1.77. The van der Waals surface area contributed by atoms with Crippen molar-refractivity contribution in [2.45, 2.75) is 25.5 Å². The molecule has 124 valence electrons. The van der Waals surface area contributed by atoms with Gasteiger partial charge >= 0.3 is 5.97 Å². The number of ether oxygens (including phenoxy) is 1. The molecule has 2 atom stereocenters. The van der Waals surface area contributed by atoms with Crippen LogP contribution in [0, 0.1) is 0 Å². The molecule has 1 N–H and O–H groups in total. The summed E-state index contributed by atoms with van der Waals surface area (Å²) in [5.41, 5.74) is 1.65. The molecule has 1 aliphatic heterocycles. The molecule has 2 unspecified atom stereocenters. The van der Waals surface area contributed by atoms with Crippen LogP contribution in [0.1, 0.15) is 24.0 Å². The van der Waals surface area contributed by atoms with Crippen molar-refractivity contribution in [2.75, 3.05) is 6.54 Å². The van der Waals surface area contributed by atoms with Crippen molar-refractivity contribution in [1.82, 2.24) is 4.90 Å². The van der Waals surface area contributed by atoms with Gasteiger partial charge in [0, 0.05) is 13.1 Å². The van der Waals surface area contributed by atoms with E-state index in [0.29, 0.717) is 12.3 Å². The number of fused-ring (bicyclic) bond motifs is 1. The summed E-state index contributed by atoms with van der Waals surface area (Å²) >= 11 is 0. The molecule has 3 rings (SSSR count). The van der Waals surface area contributed by atoms with E-state index in [-0.39, 0.29) is 12.5 Å². The van der Waals surface area contributed by atoms with Gasteiger partial charge in [-0.15, -0.1) is 0 Å². The highest BCUT2D eigenvalue weighted by Gasteiger charge is 2.34. The van der Waals surface area contributed by atoms with Crippen LogP contribution in [0.2, 0.25) is 0 Å². The van der Waals surface area contributed by atoms with Crippen molar-refractivity contribution in [1.29, 1.82) is 0 Å². The molecule has 0 radical (unpaired) electrons. The highest BCUT2D eigenvalue weighted by Crippen LogP contribution is 2.29. The van der Waals surface area contributed by atoms with Gasteiger partial charge in [0.25, 0.3) is 5.91 Å². The van der Waals surface area contributed by atoms with E-state index in [4.69, 9.17) is 4.74 Å². The topological polar surface area (TPSA) is 66.8 Å². The first-order chi connectivity index (χ1) is 11.6. The van der Waals surface area contributed by atoms with Gasteiger partial charge in [0.15, 0.2) is 6.10 Å². The van der Waals surface area contributed by atoms with Gasteiger partial charge in [0.05, 0.1) is 5.92 Å². The van der Waals surface area contributed by atoms with Crippen molar-refractivity contribution in [3.63, 3.8) is 0 Å². The lowest BCUT2D eigenvalue weighted by Gasteiger charge is -2.34. The Hall–Kier alpha value is -2.82. The Bertz CT molecular complexity index is 744. The Morgan fingerprint density at radius 1 is 1.12 bits per heavy atom. The maximum Gasteiger partial charge on any atom is 0.312 e. The molecule has 0 fully saturated rings. The summed E-state index contributed by atoms with van der Waals surface area (Å²) < 4.78 is 5.67. The number of rotatable bonds is 4. The lowest BCUT2D eigenvalue weighted by atomic mass is 9.89. The molecule has 0 aliphatic carbocycles. The van der Waals surface area contributed by atoms with Gasteiger partial charge in [-0.05, 0) is 30.2 Å². The maximum atomic E-state index is 12.7. The standard InChI is InChI=1S/C19H19NO4/c1-13(24-15-8-3-2-4-9-15)18(21)20-11-14-7-5-6-10-16(14)17(12-20)19(22)23/h2-10,13,17H,11-12H2,1H3,(H,22,23). The Morgan fingerprint density at radius 3 is 2.50 bits per heavy atom. The summed E-state index contributed by atoms with van der Waals surface area (Å²) in [6.07, 6.45) is -0.674. The molecular formula is C19H19NO4. The fourth-order valence-electron chi connectivity index (χ4n) is 3.00. The van der Waals surface area contributed by atoms with Crippen molar-refractivity contribution < 1.29 is 19.4 Å². The monoisotopic (exact) mass is 325 g/mol. The summed E-state index contributed by atoms with van der Waals surface area (Å²) in [5, 5.41) is 9.49. The van der Waals surface area contributed by atoms with Crippen LogP contribution in [-0.4, -0.2) is 34.5 Å². The van der Waals surface area contributed by atoms with Crippen LogP contribution < -0.4 is 4.74 Å². The van der Waals surface area contributed by atoms with E-state index in [0.717, 1.165) is 11.1 Å². The van der Waals surface area contributed by atoms with Crippen molar-refractivity contribution in [3.8, 4) is 5.75 Å². The first-order valence-electron chi connectivity index (χ1n) is 7.87. The lowest BCUT2D eigenvalue weighted by Crippen LogP contribution is -2.45. The fraction of sp³-hybridized carbons (Fsp3) is 0.263. The molecule has 24 heavy (non-hydrogen) atoms. The van der Waals surface area contributed by atoms with Crippen LogP contribution >= 0.6 is 0 Å². The molecule has 2 aromatic rings. The SMILES string of the molecule is CC(Oc1ccccc1)C(=O)N1Cc2ccccc2C(C(=O)O)C1. The Kier molecular flexibility index (Phi) is 4.51. The van der Waals surface area contributed by atoms with Gasteiger partial charge < -0.3 is 14.7 Å². The maximum absolute atomic E-state index is 12.7. The van der Waals surface area contributed by atoms with Crippen LogP contribution in [0.4, 0.5) is 0 Å². The number of hydrogen-bond donors (Lipinski definition) is 1. The average molecular weight is 325 g/mol. The number of nitrogens with zero attached hydrogens (tertiary/aromatic N) is 1. The number of carbonyl (C=O) groups excluding carboxylic acids is 1. The Labute approximate surface area is 140 Å². The summed E-state index contributed by atoms with van der Waals surface area (Å²) in [5.74, 6) is -1.22. The van der Waals surface area contributed by atoms with Gasteiger partial charge in [-0.2, -0.15) is 0 Å². The van der Waals surface area contributed by atoms with Crippen LogP contribution in [0.25, 0.3) is 0 Å². The van der Waals surface area contributed by atoms with Crippen LogP contribution in [0.5, 0.6) is 5.75 Å². The van der Waals surface area contributed by atoms with E-state index >= 15 is 0 Å². The minimum absolute atomic E-state index is 0.160.